The highest BCUT2D eigenvalue weighted by Crippen LogP contribution is 2.30. The summed E-state index contributed by atoms with van der Waals surface area (Å²) in [7, 11) is -2.43. The molecule has 218 valence electrons. The monoisotopic (exact) mass is 577 g/mol. The Bertz CT molecular complexity index is 1440. The quantitative estimate of drug-likeness (QED) is 0.343. The number of rotatable bonds is 12. The van der Waals surface area contributed by atoms with Crippen LogP contribution in [0.3, 0.4) is 0 Å². The van der Waals surface area contributed by atoms with Crippen molar-refractivity contribution in [2.75, 3.05) is 24.2 Å². The van der Waals surface area contributed by atoms with Crippen molar-refractivity contribution in [1.82, 2.24) is 10.2 Å². The summed E-state index contributed by atoms with van der Waals surface area (Å²) in [6.45, 7) is 1.64. The third kappa shape index (κ3) is 7.88. The molecule has 1 atom stereocenters. The van der Waals surface area contributed by atoms with Crippen LogP contribution in [0.1, 0.15) is 42.4 Å². The third-order valence-corrected chi connectivity index (χ3v) is 8.73. The van der Waals surface area contributed by atoms with Crippen LogP contribution in [0, 0.1) is 6.92 Å². The number of aryl methyl sites for hydroxylation is 1. The highest BCUT2D eigenvalue weighted by atomic mass is 32.2. The van der Waals surface area contributed by atoms with Crippen molar-refractivity contribution in [3.05, 3.63) is 95.6 Å². The lowest BCUT2D eigenvalue weighted by molar-refractivity contribution is -0.140. The number of carbonyl (C=O) groups excluding carboxylic acids is 2. The first-order valence-electron chi connectivity index (χ1n) is 14.0. The number of hydrogen-bond acceptors (Lipinski definition) is 5. The van der Waals surface area contributed by atoms with E-state index in [1.165, 1.54) is 12.0 Å². The molecule has 3 aromatic rings. The number of amides is 2. The molecule has 0 radical (unpaired) electrons. The second-order valence-electron chi connectivity index (χ2n) is 10.6. The van der Waals surface area contributed by atoms with Crippen LogP contribution in [0.25, 0.3) is 0 Å². The van der Waals surface area contributed by atoms with Crippen molar-refractivity contribution in [3.8, 4) is 5.75 Å². The lowest BCUT2D eigenvalue weighted by atomic mass is 10.0. The van der Waals surface area contributed by atoms with Gasteiger partial charge in [0.25, 0.3) is 0 Å². The van der Waals surface area contributed by atoms with Crippen molar-refractivity contribution in [2.24, 2.45) is 0 Å². The van der Waals surface area contributed by atoms with Gasteiger partial charge in [0, 0.05) is 19.0 Å². The maximum atomic E-state index is 14.3. The lowest BCUT2D eigenvalue weighted by Gasteiger charge is -2.34. The molecule has 1 fully saturated rings. The summed E-state index contributed by atoms with van der Waals surface area (Å²) in [6, 6.07) is 23.2. The maximum Gasteiger partial charge on any atom is 0.244 e. The van der Waals surface area contributed by atoms with Gasteiger partial charge in [-0.3, -0.25) is 13.9 Å². The van der Waals surface area contributed by atoms with Crippen LogP contribution >= 0.6 is 0 Å². The molecule has 0 bridgehead atoms. The summed E-state index contributed by atoms with van der Waals surface area (Å²) < 4.78 is 32.5. The molecule has 1 aliphatic carbocycles. The summed E-state index contributed by atoms with van der Waals surface area (Å²) >= 11 is 0. The highest BCUT2D eigenvalue weighted by molar-refractivity contribution is 7.92. The number of anilines is 1. The standard InChI is InChI=1S/C32H39N3O5S/c1-24-13-7-8-16-26(24)22-34(31(36)23-35(41(3,38)39)28-19-11-12-20-30(28)40-2)29(21-25-14-5-4-6-15-25)32(37)33-27-17-9-10-18-27/h4-8,11-16,19-20,27,29H,9-10,17-18,21-23H2,1-3H3,(H,33,37)/t29-/m0/s1. The van der Waals surface area contributed by atoms with E-state index in [2.05, 4.69) is 5.32 Å². The molecular formula is C32H39N3O5S. The van der Waals surface area contributed by atoms with E-state index >= 15 is 0 Å². The van der Waals surface area contributed by atoms with Crippen LogP contribution in [0.4, 0.5) is 5.69 Å². The minimum Gasteiger partial charge on any atom is -0.495 e. The van der Waals surface area contributed by atoms with Gasteiger partial charge in [-0.25, -0.2) is 8.42 Å². The fraction of sp³-hybridized carbons (Fsp3) is 0.375. The first-order chi connectivity index (χ1) is 19.7. The number of methoxy groups -OCH3 is 1. The predicted octanol–water partition coefficient (Wildman–Crippen LogP) is 4.47. The van der Waals surface area contributed by atoms with Gasteiger partial charge in [-0.15, -0.1) is 0 Å². The van der Waals surface area contributed by atoms with Crippen LogP contribution in [-0.4, -0.2) is 57.1 Å². The Hall–Kier alpha value is -3.85. The largest absolute Gasteiger partial charge is 0.495 e. The summed E-state index contributed by atoms with van der Waals surface area (Å²) in [5.41, 5.74) is 3.03. The van der Waals surface area contributed by atoms with Gasteiger partial charge in [-0.05, 0) is 48.6 Å². The summed E-state index contributed by atoms with van der Waals surface area (Å²) in [4.78, 5) is 29.7. The van der Waals surface area contributed by atoms with E-state index in [0.717, 1.165) is 52.9 Å². The zero-order chi connectivity index (χ0) is 29.4. The first kappa shape index (κ1) is 30.1. The van der Waals surface area contributed by atoms with Crippen molar-refractivity contribution in [1.29, 1.82) is 0 Å². The molecule has 8 nitrogen and oxygen atoms in total. The van der Waals surface area contributed by atoms with Crippen LogP contribution < -0.4 is 14.4 Å². The number of nitrogens with zero attached hydrogens (tertiary/aromatic N) is 2. The molecule has 3 aromatic carbocycles. The average Bonchev–Trinajstić information content (AvgIpc) is 3.47. The number of hydrogen-bond donors (Lipinski definition) is 1. The SMILES string of the molecule is COc1ccccc1N(CC(=O)N(Cc1ccccc1C)[C@@H](Cc1ccccc1)C(=O)NC1CCCC1)S(C)(=O)=O. The van der Waals surface area contributed by atoms with Crippen molar-refractivity contribution in [3.63, 3.8) is 0 Å². The summed E-state index contributed by atoms with van der Waals surface area (Å²) in [6.07, 6.45) is 5.29. The molecule has 0 saturated heterocycles. The minimum atomic E-state index is -3.88. The molecule has 41 heavy (non-hydrogen) atoms. The molecule has 0 spiro atoms. The highest BCUT2D eigenvalue weighted by Gasteiger charge is 2.35. The van der Waals surface area contributed by atoms with Crippen molar-refractivity contribution in [2.45, 2.75) is 57.7 Å². The fourth-order valence-corrected chi connectivity index (χ4v) is 6.18. The predicted molar refractivity (Wildman–Crippen MR) is 161 cm³/mol. The van der Waals surface area contributed by atoms with E-state index in [4.69, 9.17) is 4.74 Å². The van der Waals surface area contributed by atoms with Crippen LogP contribution in [0.2, 0.25) is 0 Å². The van der Waals surface area contributed by atoms with Crippen molar-refractivity contribution < 1.29 is 22.7 Å². The van der Waals surface area contributed by atoms with Gasteiger partial charge in [0.1, 0.15) is 18.3 Å². The van der Waals surface area contributed by atoms with Gasteiger partial charge in [0.2, 0.25) is 21.8 Å². The van der Waals surface area contributed by atoms with E-state index < -0.39 is 28.5 Å². The van der Waals surface area contributed by atoms with E-state index in [-0.39, 0.29) is 24.2 Å². The Morgan fingerprint density at radius 2 is 1.59 bits per heavy atom. The number of carbonyl (C=O) groups is 2. The normalized spacial score (nSPS) is 14.3. The van der Waals surface area contributed by atoms with E-state index in [1.54, 1.807) is 24.3 Å². The number of benzene rings is 3. The molecule has 2 amide bonds. The van der Waals surface area contributed by atoms with Gasteiger partial charge in [-0.1, -0.05) is 79.6 Å². The topological polar surface area (TPSA) is 96.0 Å². The van der Waals surface area contributed by atoms with Crippen LogP contribution in [-0.2, 0) is 32.6 Å². The van der Waals surface area contributed by atoms with E-state index in [9.17, 15) is 18.0 Å². The Labute approximate surface area is 243 Å². The number of ether oxygens (including phenoxy) is 1. The summed E-state index contributed by atoms with van der Waals surface area (Å²) in [5, 5.41) is 3.18. The fourth-order valence-electron chi connectivity index (χ4n) is 5.32. The molecule has 0 heterocycles. The first-order valence-corrected chi connectivity index (χ1v) is 15.8. The maximum absolute atomic E-state index is 14.3. The molecule has 0 aliphatic heterocycles. The van der Waals surface area contributed by atoms with E-state index in [1.807, 2.05) is 61.5 Å². The third-order valence-electron chi connectivity index (χ3n) is 7.61. The Kier molecular flexibility index (Phi) is 10.0. The zero-order valence-electron chi connectivity index (χ0n) is 24.0. The second kappa shape index (κ2) is 13.7. The van der Waals surface area contributed by atoms with Gasteiger partial charge in [0.05, 0.1) is 19.1 Å². The van der Waals surface area contributed by atoms with Crippen LogP contribution in [0.15, 0.2) is 78.9 Å². The Balaban J connectivity index is 1.75. The van der Waals surface area contributed by atoms with Gasteiger partial charge in [-0.2, -0.15) is 0 Å². The van der Waals surface area contributed by atoms with Gasteiger partial charge < -0.3 is 15.0 Å². The lowest BCUT2D eigenvalue weighted by Crippen LogP contribution is -2.54. The van der Waals surface area contributed by atoms with E-state index in [0.29, 0.717) is 12.2 Å². The van der Waals surface area contributed by atoms with Crippen molar-refractivity contribution >= 4 is 27.5 Å². The minimum absolute atomic E-state index is 0.0669. The molecule has 0 unspecified atom stereocenters. The molecule has 1 aliphatic rings. The molecule has 1 N–H and O–H groups in total. The van der Waals surface area contributed by atoms with Crippen LogP contribution in [0.5, 0.6) is 5.75 Å². The molecule has 9 heteroatoms. The average molecular weight is 578 g/mol. The number of sulfonamides is 1. The Morgan fingerprint density at radius 3 is 2.24 bits per heavy atom. The molecule has 4 rings (SSSR count). The molecule has 1 saturated carbocycles. The molecule has 0 aromatic heterocycles. The zero-order valence-corrected chi connectivity index (χ0v) is 24.8. The number of nitrogens with one attached hydrogen (secondary N) is 1. The number of para-hydroxylation sites is 2. The summed E-state index contributed by atoms with van der Waals surface area (Å²) in [5.74, 6) is -0.381. The Morgan fingerprint density at radius 1 is 0.951 bits per heavy atom. The van der Waals surface area contributed by atoms with Gasteiger partial charge in [0.15, 0.2) is 0 Å². The molecular weight excluding hydrogens is 538 g/mol. The van der Waals surface area contributed by atoms with Gasteiger partial charge >= 0.3 is 0 Å². The smallest absolute Gasteiger partial charge is 0.244 e. The second-order valence-corrected chi connectivity index (χ2v) is 12.5.